The van der Waals surface area contributed by atoms with Crippen LogP contribution < -0.4 is 4.74 Å². The fourth-order valence-electron chi connectivity index (χ4n) is 3.15. The van der Waals surface area contributed by atoms with E-state index in [-0.39, 0.29) is 5.97 Å². The van der Waals surface area contributed by atoms with Gasteiger partial charge in [-0.1, -0.05) is 36.4 Å². The number of fused-ring (bicyclic) bond motifs is 1. The van der Waals surface area contributed by atoms with Gasteiger partial charge in [0.25, 0.3) is 0 Å². The van der Waals surface area contributed by atoms with E-state index in [0.717, 1.165) is 25.4 Å². The van der Waals surface area contributed by atoms with Crippen LogP contribution in [0, 0.1) is 6.92 Å². The van der Waals surface area contributed by atoms with E-state index >= 15 is 0 Å². The van der Waals surface area contributed by atoms with E-state index in [4.69, 9.17) is 9.47 Å². The van der Waals surface area contributed by atoms with E-state index in [9.17, 15) is 4.79 Å². The average Bonchev–Trinajstić information content (AvgIpc) is 2.83. The third-order valence-electron chi connectivity index (χ3n) is 4.68. The fraction of sp³-hybridized carbons (Fsp3) is 0.381. The van der Waals surface area contributed by atoms with Gasteiger partial charge in [0.2, 0.25) is 0 Å². The summed E-state index contributed by atoms with van der Waals surface area (Å²) in [5, 5.41) is 0. The Kier molecular flexibility index (Phi) is 5.71. The van der Waals surface area contributed by atoms with E-state index in [1.807, 2.05) is 12.1 Å². The number of hydrogen-bond acceptors (Lipinski definition) is 4. The van der Waals surface area contributed by atoms with Gasteiger partial charge in [0, 0.05) is 31.6 Å². The number of ether oxygens (including phenoxy) is 2. The van der Waals surface area contributed by atoms with Gasteiger partial charge in [-0.3, -0.25) is 9.69 Å². The monoisotopic (exact) mass is 339 g/mol. The van der Waals surface area contributed by atoms with E-state index < -0.39 is 0 Å². The summed E-state index contributed by atoms with van der Waals surface area (Å²) in [5.41, 5.74) is 5.00. The molecule has 0 saturated heterocycles. The highest BCUT2D eigenvalue weighted by Crippen LogP contribution is 2.24. The second-order valence-corrected chi connectivity index (χ2v) is 6.50. The molecule has 0 saturated carbocycles. The molecule has 0 fully saturated rings. The molecule has 0 spiro atoms. The number of benzene rings is 2. The molecule has 0 aromatic heterocycles. The molecule has 25 heavy (non-hydrogen) atoms. The van der Waals surface area contributed by atoms with Crippen molar-refractivity contribution >= 4 is 5.97 Å². The minimum absolute atomic E-state index is 0.164. The number of rotatable bonds is 5. The van der Waals surface area contributed by atoms with Crippen LogP contribution in [-0.4, -0.2) is 31.1 Å². The molecule has 3 rings (SSSR count). The summed E-state index contributed by atoms with van der Waals surface area (Å²) in [7, 11) is 1.43. The third kappa shape index (κ3) is 4.60. The summed E-state index contributed by atoms with van der Waals surface area (Å²) in [4.78, 5) is 13.8. The molecule has 4 nitrogen and oxygen atoms in total. The average molecular weight is 339 g/mol. The zero-order valence-electron chi connectivity index (χ0n) is 15.0. The first-order valence-electron chi connectivity index (χ1n) is 8.74. The molecular formula is C21H25NO3. The molecule has 2 aromatic carbocycles. The van der Waals surface area contributed by atoms with Gasteiger partial charge in [-0.15, -0.1) is 0 Å². The van der Waals surface area contributed by atoms with Crippen molar-refractivity contribution in [3.8, 4) is 5.75 Å². The number of hydrogen-bond donors (Lipinski definition) is 0. The third-order valence-corrected chi connectivity index (χ3v) is 4.68. The van der Waals surface area contributed by atoms with Gasteiger partial charge < -0.3 is 9.47 Å². The zero-order valence-corrected chi connectivity index (χ0v) is 15.0. The van der Waals surface area contributed by atoms with Crippen molar-refractivity contribution < 1.29 is 14.3 Å². The second kappa shape index (κ2) is 8.17. The van der Waals surface area contributed by atoms with Crippen molar-refractivity contribution in [1.29, 1.82) is 0 Å². The largest absolute Gasteiger partial charge is 0.492 e. The van der Waals surface area contributed by atoms with Gasteiger partial charge in [0.05, 0.1) is 7.11 Å². The van der Waals surface area contributed by atoms with Crippen LogP contribution in [0.2, 0.25) is 0 Å². The number of carbonyl (C=O) groups excluding carboxylic acids is 1. The van der Waals surface area contributed by atoms with Crippen LogP contribution in [0.1, 0.15) is 28.7 Å². The van der Waals surface area contributed by atoms with Crippen LogP contribution in [0.4, 0.5) is 0 Å². The molecule has 1 heterocycles. The van der Waals surface area contributed by atoms with Crippen molar-refractivity contribution in [2.45, 2.75) is 32.9 Å². The highest BCUT2D eigenvalue weighted by molar-refractivity contribution is 5.69. The standard InChI is InChI=1S/C21H25NO3/c1-16-7-8-17(9-10-21(23)24-2)13-19(16)15-22-11-12-25-20-6-4-3-5-18(20)14-22/h3-8,13H,9-12,14-15H2,1-2H3. The Balaban J connectivity index is 1.70. The smallest absolute Gasteiger partial charge is 0.305 e. The van der Waals surface area contributed by atoms with E-state index in [1.165, 1.54) is 29.4 Å². The summed E-state index contributed by atoms with van der Waals surface area (Å²) >= 11 is 0. The Hall–Kier alpha value is -2.33. The number of esters is 1. The quantitative estimate of drug-likeness (QED) is 0.782. The first-order valence-corrected chi connectivity index (χ1v) is 8.74. The van der Waals surface area contributed by atoms with Crippen LogP contribution in [0.15, 0.2) is 42.5 Å². The first kappa shape index (κ1) is 17.5. The number of nitrogens with zero attached hydrogens (tertiary/aromatic N) is 1. The highest BCUT2D eigenvalue weighted by atomic mass is 16.5. The van der Waals surface area contributed by atoms with Gasteiger partial charge in [0.15, 0.2) is 0 Å². The Morgan fingerprint density at radius 2 is 2.08 bits per heavy atom. The van der Waals surface area contributed by atoms with Gasteiger partial charge in [-0.2, -0.15) is 0 Å². The molecule has 1 aliphatic heterocycles. The van der Waals surface area contributed by atoms with E-state index in [2.05, 4.69) is 42.2 Å². The second-order valence-electron chi connectivity index (χ2n) is 6.50. The Labute approximate surface area is 149 Å². The molecule has 0 amide bonds. The van der Waals surface area contributed by atoms with Crippen molar-refractivity contribution in [2.24, 2.45) is 0 Å². The summed E-state index contributed by atoms with van der Waals surface area (Å²) in [6, 6.07) is 14.7. The van der Waals surface area contributed by atoms with Crippen molar-refractivity contribution in [3.05, 3.63) is 64.7 Å². The molecule has 1 aliphatic rings. The lowest BCUT2D eigenvalue weighted by molar-refractivity contribution is -0.140. The van der Waals surface area contributed by atoms with Crippen molar-refractivity contribution in [1.82, 2.24) is 4.90 Å². The number of methoxy groups -OCH3 is 1. The molecule has 0 bridgehead atoms. The molecule has 0 radical (unpaired) electrons. The zero-order chi connectivity index (χ0) is 17.6. The van der Waals surface area contributed by atoms with Crippen LogP contribution in [-0.2, 0) is 29.0 Å². The Bertz CT molecular complexity index is 742. The van der Waals surface area contributed by atoms with Crippen molar-refractivity contribution in [3.63, 3.8) is 0 Å². The first-order chi connectivity index (χ1) is 12.2. The Morgan fingerprint density at radius 1 is 1.24 bits per heavy atom. The Morgan fingerprint density at radius 3 is 2.92 bits per heavy atom. The minimum atomic E-state index is -0.164. The topological polar surface area (TPSA) is 38.8 Å². The summed E-state index contributed by atoms with van der Waals surface area (Å²) < 4.78 is 10.6. The predicted molar refractivity (Wildman–Crippen MR) is 97.6 cm³/mol. The molecule has 0 unspecified atom stereocenters. The number of carbonyl (C=O) groups is 1. The molecule has 0 aliphatic carbocycles. The number of aryl methyl sites for hydroxylation is 2. The molecule has 0 N–H and O–H groups in total. The van der Waals surface area contributed by atoms with Crippen LogP contribution >= 0.6 is 0 Å². The van der Waals surface area contributed by atoms with E-state index in [1.54, 1.807) is 0 Å². The minimum Gasteiger partial charge on any atom is -0.492 e. The summed E-state index contributed by atoms with van der Waals surface area (Å²) in [5.74, 6) is 0.831. The lowest BCUT2D eigenvalue weighted by Gasteiger charge is -2.21. The van der Waals surface area contributed by atoms with Gasteiger partial charge in [-0.25, -0.2) is 0 Å². The fourth-order valence-corrected chi connectivity index (χ4v) is 3.15. The molecule has 132 valence electrons. The van der Waals surface area contributed by atoms with Gasteiger partial charge in [-0.05, 0) is 36.1 Å². The van der Waals surface area contributed by atoms with Gasteiger partial charge in [0.1, 0.15) is 12.4 Å². The van der Waals surface area contributed by atoms with Gasteiger partial charge >= 0.3 is 5.97 Å². The maximum absolute atomic E-state index is 11.4. The molecular weight excluding hydrogens is 314 g/mol. The van der Waals surface area contributed by atoms with Crippen LogP contribution in [0.25, 0.3) is 0 Å². The highest BCUT2D eigenvalue weighted by Gasteiger charge is 2.16. The predicted octanol–water partition coefficient (Wildman–Crippen LogP) is 3.50. The maximum atomic E-state index is 11.4. The summed E-state index contributed by atoms with van der Waals surface area (Å²) in [6.07, 6.45) is 1.13. The lowest BCUT2D eigenvalue weighted by Crippen LogP contribution is -2.25. The van der Waals surface area contributed by atoms with Crippen LogP contribution in [0.3, 0.4) is 0 Å². The molecule has 2 aromatic rings. The van der Waals surface area contributed by atoms with Crippen molar-refractivity contribution in [2.75, 3.05) is 20.3 Å². The van der Waals surface area contributed by atoms with Crippen LogP contribution in [0.5, 0.6) is 5.75 Å². The lowest BCUT2D eigenvalue weighted by atomic mass is 10.0. The normalized spacial score (nSPS) is 14.3. The molecule has 4 heteroatoms. The molecule has 0 atom stereocenters. The number of para-hydroxylation sites is 1. The SMILES string of the molecule is COC(=O)CCc1ccc(C)c(CN2CCOc3ccccc3C2)c1. The van der Waals surface area contributed by atoms with E-state index in [0.29, 0.717) is 19.4 Å². The summed E-state index contributed by atoms with van der Waals surface area (Å²) in [6.45, 7) is 5.53. The maximum Gasteiger partial charge on any atom is 0.305 e.